The quantitative estimate of drug-likeness (QED) is 0.461. The second kappa shape index (κ2) is 8.91. The molecule has 3 aromatic carbocycles. The minimum absolute atomic E-state index is 0. The minimum atomic E-state index is 0. The lowest BCUT2D eigenvalue weighted by Gasteiger charge is -2.28. The molecule has 3 aromatic rings. The van der Waals surface area contributed by atoms with Crippen LogP contribution in [0.5, 0.6) is 0 Å². The van der Waals surface area contributed by atoms with Crippen LogP contribution < -0.4 is 0 Å². The SMILES string of the molecule is CC(C)N(Cc1ccc(C(C)(C)C)cc1)Cc1cccc2ccccc12.Cl. The van der Waals surface area contributed by atoms with Crippen molar-refractivity contribution < 1.29 is 0 Å². The first-order chi connectivity index (χ1) is 12.3. The summed E-state index contributed by atoms with van der Waals surface area (Å²) in [6.45, 7) is 13.3. The van der Waals surface area contributed by atoms with E-state index in [1.165, 1.54) is 27.5 Å². The number of hydrogen-bond acceptors (Lipinski definition) is 1. The van der Waals surface area contributed by atoms with Crippen molar-refractivity contribution in [2.45, 2.75) is 59.2 Å². The molecule has 0 saturated carbocycles. The molecular formula is C25H32ClN. The van der Waals surface area contributed by atoms with Gasteiger partial charge in [0.25, 0.3) is 0 Å². The van der Waals surface area contributed by atoms with Crippen molar-refractivity contribution in [1.29, 1.82) is 0 Å². The summed E-state index contributed by atoms with van der Waals surface area (Å²) in [7, 11) is 0. The van der Waals surface area contributed by atoms with E-state index in [2.05, 4.69) is 106 Å². The summed E-state index contributed by atoms with van der Waals surface area (Å²) in [5.74, 6) is 0. The number of halogens is 1. The summed E-state index contributed by atoms with van der Waals surface area (Å²) >= 11 is 0. The van der Waals surface area contributed by atoms with Crippen LogP contribution in [0.4, 0.5) is 0 Å². The highest BCUT2D eigenvalue weighted by molar-refractivity contribution is 5.86. The molecule has 0 aliphatic rings. The Bertz CT molecular complexity index is 854. The van der Waals surface area contributed by atoms with Crippen LogP contribution in [-0.4, -0.2) is 10.9 Å². The van der Waals surface area contributed by atoms with Gasteiger partial charge in [-0.3, -0.25) is 4.90 Å². The summed E-state index contributed by atoms with van der Waals surface area (Å²) in [6.07, 6.45) is 0. The smallest absolute Gasteiger partial charge is 0.0246 e. The topological polar surface area (TPSA) is 3.24 Å². The second-order valence-electron chi connectivity index (χ2n) is 8.58. The predicted octanol–water partition coefficient (Wildman–Crippen LogP) is 6.97. The summed E-state index contributed by atoms with van der Waals surface area (Å²) in [4.78, 5) is 2.55. The minimum Gasteiger partial charge on any atom is -0.292 e. The van der Waals surface area contributed by atoms with Gasteiger partial charge in [0, 0.05) is 19.1 Å². The van der Waals surface area contributed by atoms with Crippen molar-refractivity contribution in [3.8, 4) is 0 Å². The zero-order valence-electron chi connectivity index (χ0n) is 17.2. The van der Waals surface area contributed by atoms with Crippen LogP contribution in [0, 0.1) is 0 Å². The highest BCUT2D eigenvalue weighted by atomic mass is 35.5. The standard InChI is InChI=1S/C25H31N.ClH/c1-19(2)26(17-20-13-15-23(16-14-20)25(3,4)5)18-22-11-8-10-21-9-6-7-12-24(21)22;/h6-16,19H,17-18H2,1-5H3;1H. The third-order valence-corrected chi connectivity index (χ3v) is 5.19. The first-order valence-electron chi connectivity index (χ1n) is 9.65. The van der Waals surface area contributed by atoms with Gasteiger partial charge in [-0.2, -0.15) is 0 Å². The number of benzene rings is 3. The van der Waals surface area contributed by atoms with E-state index in [1.807, 2.05) is 0 Å². The molecule has 0 aromatic heterocycles. The fraction of sp³-hybridized carbons (Fsp3) is 0.360. The van der Waals surface area contributed by atoms with Gasteiger partial charge in [0.15, 0.2) is 0 Å². The van der Waals surface area contributed by atoms with Crippen LogP contribution in [0.1, 0.15) is 51.3 Å². The van der Waals surface area contributed by atoms with E-state index in [9.17, 15) is 0 Å². The van der Waals surface area contributed by atoms with E-state index in [-0.39, 0.29) is 17.8 Å². The largest absolute Gasteiger partial charge is 0.292 e. The lowest BCUT2D eigenvalue weighted by Crippen LogP contribution is -2.30. The molecule has 0 saturated heterocycles. The van der Waals surface area contributed by atoms with Crippen molar-refractivity contribution in [1.82, 2.24) is 4.90 Å². The molecule has 0 amide bonds. The van der Waals surface area contributed by atoms with Crippen LogP contribution in [0.15, 0.2) is 66.7 Å². The fourth-order valence-corrected chi connectivity index (χ4v) is 3.41. The zero-order valence-corrected chi connectivity index (χ0v) is 18.0. The van der Waals surface area contributed by atoms with E-state index >= 15 is 0 Å². The fourth-order valence-electron chi connectivity index (χ4n) is 3.41. The van der Waals surface area contributed by atoms with E-state index < -0.39 is 0 Å². The van der Waals surface area contributed by atoms with Crippen LogP contribution in [-0.2, 0) is 18.5 Å². The molecule has 0 aliphatic carbocycles. The molecule has 0 bridgehead atoms. The molecule has 0 N–H and O–H groups in total. The third-order valence-electron chi connectivity index (χ3n) is 5.19. The summed E-state index contributed by atoms with van der Waals surface area (Å²) in [5.41, 5.74) is 4.39. The maximum absolute atomic E-state index is 2.55. The van der Waals surface area contributed by atoms with Crippen molar-refractivity contribution in [3.63, 3.8) is 0 Å². The maximum Gasteiger partial charge on any atom is 0.0246 e. The number of nitrogens with zero attached hydrogens (tertiary/aromatic N) is 1. The normalized spacial score (nSPS) is 11.8. The molecule has 144 valence electrons. The Balaban J connectivity index is 0.00000261. The molecule has 0 radical (unpaired) electrons. The van der Waals surface area contributed by atoms with Gasteiger partial charge < -0.3 is 0 Å². The monoisotopic (exact) mass is 381 g/mol. The van der Waals surface area contributed by atoms with Crippen molar-refractivity contribution in [2.75, 3.05) is 0 Å². The van der Waals surface area contributed by atoms with Crippen LogP contribution in [0.2, 0.25) is 0 Å². The lowest BCUT2D eigenvalue weighted by atomic mass is 9.86. The van der Waals surface area contributed by atoms with E-state index in [1.54, 1.807) is 0 Å². The number of fused-ring (bicyclic) bond motifs is 1. The lowest BCUT2D eigenvalue weighted by molar-refractivity contribution is 0.204. The molecular weight excluding hydrogens is 350 g/mol. The second-order valence-corrected chi connectivity index (χ2v) is 8.58. The third kappa shape index (κ3) is 5.34. The molecule has 0 fully saturated rings. The molecule has 1 nitrogen and oxygen atoms in total. The first-order valence-corrected chi connectivity index (χ1v) is 9.65. The molecule has 0 atom stereocenters. The van der Waals surface area contributed by atoms with Crippen LogP contribution >= 0.6 is 12.4 Å². The molecule has 27 heavy (non-hydrogen) atoms. The molecule has 3 rings (SSSR count). The Morgan fingerprint density at radius 2 is 1.41 bits per heavy atom. The molecule has 0 heterocycles. The highest BCUT2D eigenvalue weighted by Gasteiger charge is 2.15. The van der Waals surface area contributed by atoms with E-state index in [0.717, 1.165) is 13.1 Å². The van der Waals surface area contributed by atoms with Crippen molar-refractivity contribution in [2.24, 2.45) is 0 Å². The average Bonchev–Trinajstić information content (AvgIpc) is 2.61. The van der Waals surface area contributed by atoms with Crippen LogP contribution in [0.25, 0.3) is 10.8 Å². The van der Waals surface area contributed by atoms with E-state index in [4.69, 9.17) is 0 Å². The van der Waals surface area contributed by atoms with Gasteiger partial charge in [0.05, 0.1) is 0 Å². The van der Waals surface area contributed by atoms with E-state index in [0.29, 0.717) is 6.04 Å². The van der Waals surface area contributed by atoms with Gasteiger partial charge in [-0.15, -0.1) is 12.4 Å². The summed E-state index contributed by atoms with van der Waals surface area (Å²) < 4.78 is 0. The maximum atomic E-state index is 2.55. The summed E-state index contributed by atoms with van der Waals surface area (Å²) in [5, 5.41) is 2.69. The molecule has 2 heteroatoms. The molecule has 0 spiro atoms. The van der Waals surface area contributed by atoms with Gasteiger partial charge in [0.2, 0.25) is 0 Å². The number of hydrogen-bond donors (Lipinski definition) is 0. The Hall–Kier alpha value is -1.83. The zero-order chi connectivity index (χ0) is 18.7. The van der Waals surface area contributed by atoms with Gasteiger partial charge in [-0.25, -0.2) is 0 Å². The van der Waals surface area contributed by atoms with Gasteiger partial charge in [-0.05, 0) is 46.7 Å². The van der Waals surface area contributed by atoms with Crippen molar-refractivity contribution in [3.05, 3.63) is 83.4 Å². The molecule has 0 unspecified atom stereocenters. The Labute approximate surface area is 170 Å². The highest BCUT2D eigenvalue weighted by Crippen LogP contribution is 2.24. The first kappa shape index (κ1) is 21.5. The predicted molar refractivity (Wildman–Crippen MR) is 121 cm³/mol. The Morgan fingerprint density at radius 1 is 0.778 bits per heavy atom. The van der Waals surface area contributed by atoms with Crippen LogP contribution in [0.3, 0.4) is 0 Å². The summed E-state index contributed by atoms with van der Waals surface area (Å²) in [6, 6.07) is 25.0. The van der Waals surface area contributed by atoms with Gasteiger partial charge in [0.1, 0.15) is 0 Å². The van der Waals surface area contributed by atoms with Gasteiger partial charge >= 0.3 is 0 Å². The number of rotatable bonds is 5. The molecule has 0 aliphatic heterocycles. The average molecular weight is 382 g/mol. The Morgan fingerprint density at radius 3 is 2.04 bits per heavy atom. The van der Waals surface area contributed by atoms with Gasteiger partial charge in [-0.1, -0.05) is 87.5 Å². The Kier molecular flexibility index (Phi) is 7.08. The van der Waals surface area contributed by atoms with Crippen molar-refractivity contribution >= 4 is 23.2 Å².